The van der Waals surface area contributed by atoms with Gasteiger partial charge in [-0.2, -0.15) is 14.4 Å². The molecular formula is C21H16ClFN4O5. The molecule has 4 rings (SSSR count). The molecule has 0 spiro atoms. The lowest BCUT2D eigenvalue weighted by Crippen LogP contribution is -2.25. The summed E-state index contributed by atoms with van der Waals surface area (Å²) in [5, 5.41) is 7.30. The van der Waals surface area contributed by atoms with Crippen molar-refractivity contribution in [2.45, 2.75) is 0 Å². The molecule has 0 atom stereocenters. The van der Waals surface area contributed by atoms with Gasteiger partial charge in [0.05, 0.1) is 16.1 Å². The molecule has 0 bridgehead atoms. The molecule has 0 aliphatic carbocycles. The van der Waals surface area contributed by atoms with E-state index in [1.54, 1.807) is 18.2 Å². The molecule has 2 aromatic carbocycles. The Kier molecular flexibility index (Phi) is 5.19. The van der Waals surface area contributed by atoms with Crippen molar-refractivity contribution >= 4 is 23.2 Å². The molecule has 32 heavy (non-hydrogen) atoms. The van der Waals surface area contributed by atoms with E-state index in [-0.39, 0.29) is 30.6 Å². The summed E-state index contributed by atoms with van der Waals surface area (Å²) < 4.78 is 63.0. The van der Waals surface area contributed by atoms with Gasteiger partial charge in [-0.3, -0.25) is 0 Å². The van der Waals surface area contributed by atoms with Crippen LogP contribution in [0.2, 0.25) is 5.02 Å². The molecule has 0 fully saturated rings. The van der Waals surface area contributed by atoms with Crippen molar-refractivity contribution in [3.05, 3.63) is 71.2 Å². The van der Waals surface area contributed by atoms with E-state index in [1.807, 2.05) is 0 Å². The lowest BCUT2D eigenvalue weighted by Gasteiger charge is -2.17. The molecule has 0 amide bonds. The third-order valence-electron chi connectivity index (χ3n) is 3.83. The fraction of sp³-hybridized carbons (Fsp3) is 0.143. The summed E-state index contributed by atoms with van der Waals surface area (Å²) in [6.07, 6.45) is 0.947. The van der Waals surface area contributed by atoms with Crippen molar-refractivity contribution in [3.8, 4) is 23.3 Å². The van der Waals surface area contributed by atoms with Crippen molar-refractivity contribution < 1.29 is 33.8 Å². The largest absolute Gasteiger partial charge is 0.470 e. The molecule has 9 nitrogen and oxygen atoms in total. The minimum Gasteiger partial charge on any atom is -0.470 e. The number of para-hydroxylation sites is 2. The zero-order valence-electron chi connectivity index (χ0n) is 20.4. The van der Waals surface area contributed by atoms with Gasteiger partial charge < -0.3 is 23.9 Å². The quantitative estimate of drug-likeness (QED) is 0.375. The number of aromatic nitrogens is 2. The molecule has 11 heteroatoms. The van der Waals surface area contributed by atoms with Crippen LogP contribution in [0.4, 0.5) is 4.39 Å². The average Bonchev–Trinajstić information content (AvgIpc) is 2.90. The minimum atomic E-state index is -1.16. The second-order valence-corrected chi connectivity index (χ2v) is 6.22. The fourth-order valence-corrected chi connectivity index (χ4v) is 2.63. The van der Waals surface area contributed by atoms with Gasteiger partial charge in [-0.05, 0) is 29.4 Å². The average molecular weight is 463 g/mol. The monoisotopic (exact) mass is 462 g/mol. The molecule has 1 aromatic heterocycles. The van der Waals surface area contributed by atoms with E-state index in [2.05, 4.69) is 20.3 Å². The van der Waals surface area contributed by atoms with Gasteiger partial charge in [-0.1, -0.05) is 41.0 Å². The Morgan fingerprint density at radius 2 is 1.88 bits per heavy atom. The molecule has 0 unspecified atom stereocenters. The van der Waals surface area contributed by atoms with Gasteiger partial charge in [-0.25, -0.2) is 0 Å². The van der Waals surface area contributed by atoms with Gasteiger partial charge in [-0.15, -0.1) is 0 Å². The van der Waals surface area contributed by atoms with E-state index in [1.165, 1.54) is 13.2 Å². The maximum Gasteiger partial charge on any atom is 0.280 e. The van der Waals surface area contributed by atoms with E-state index in [0.29, 0.717) is 5.56 Å². The van der Waals surface area contributed by atoms with E-state index in [9.17, 15) is 0 Å². The van der Waals surface area contributed by atoms with Crippen molar-refractivity contribution in [2.24, 2.45) is 10.3 Å². The maximum absolute atomic E-state index is 15.3. The minimum absolute atomic E-state index is 0.0270. The molecule has 0 saturated heterocycles. The number of rotatable bonds is 7. The third kappa shape index (κ3) is 4.70. The Hall–Kier alpha value is -3.92. The Morgan fingerprint density at radius 3 is 2.62 bits per heavy atom. The lowest BCUT2D eigenvalue weighted by atomic mass is 10.1. The SMILES string of the molecule is [2H]c1c([2H])c([2H])c(Oc2ncnc(Oc3ccccc3/C(=N/OC)C3=NOCCO3)c2F)c(Cl)c1[2H]. The second-order valence-electron chi connectivity index (χ2n) is 5.84. The van der Waals surface area contributed by atoms with Crippen LogP contribution in [0.1, 0.15) is 11.0 Å². The first kappa shape index (κ1) is 16.7. The first-order chi connectivity index (χ1) is 17.3. The normalized spacial score (nSPS) is 15.2. The maximum atomic E-state index is 15.3. The second kappa shape index (κ2) is 9.92. The summed E-state index contributed by atoms with van der Waals surface area (Å²) in [5.74, 6) is -2.77. The number of nitrogens with zero attached hydrogens (tertiary/aromatic N) is 4. The predicted octanol–water partition coefficient (Wildman–Crippen LogP) is 4.56. The number of benzene rings is 2. The molecule has 164 valence electrons. The molecule has 1 aliphatic rings. The Morgan fingerprint density at radius 1 is 1.12 bits per heavy atom. The molecule has 3 aromatic rings. The predicted molar refractivity (Wildman–Crippen MR) is 113 cm³/mol. The number of hydrogen-bond acceptors (Lipinski definition) is 9. The summed E-state index contributed by atoms with van der Waals surface area (Å²) in [6.45, 7) is 0.489. The highest BCUT2D eigenvalue weighted by molar-refractivity contribution is 6.45. The third-order valence-corrected chi connectivity index (χ3v) is 4.10. The van der Waals surface area contributed by atoms with Crippen molar-refractivity contribution in [1.82, 2.24) is 9.97 Å². The van der Waals surface area contributed by atoms with Gasteiger partial charge in [0.15, 0.2) is 12.3 Å². The van der Waals surface area contributed by atoms with Crippen molar-refractivity contribution in [1.29, 1.82) is 0 Å². The first-order valence-electron chi connectivity index (χ1n) is 11.0. The highest BCUT2D eigenvalue weighted by Crippen LogP contribution is 2.33. The topological polar surface area (TPSA) is 96.7 Å². The number of halogens is 2. The van der Waals surface area contributed by atoms with Crippen LogP contribution in [0.5, 0.6) is 23.3 Å². The zero-order valence-corrected chi connectivity index (χ0v) is 17.1. The summed E-state index contributed by atoms with van der Waals surface area (Å²) in [7, 11) is 1.32. The van der Waals surface area contributed by atoms with Crippen LogP contribution in [-0.2, 0) is 14.4 Å². The summed E-state index contributed by atoms with van der Waals surface area (Å²) in [5.41, 5.74) is 0.426. The van der Waals surface area contributed by atoms with Crippen LogP contribution in [0.3, 0.4) is 0 Å². The van der Waals surface area contributed by atoms with Crippen LogP contribution in [0.15, 0.2) is 65.1 Å². The Bertz CT molecular complexity index is 1350. The van der Waals surface area contributed by atoms with E-state index in [0.717, 1.165) is 6.33 Å². The van der Waals surface area contributed by atoms with Crippen LogP contribution in [0, 0.1) is 5.82 Å². The van der Waals surface area contributed by atoms with Crippen LogP contribution >= 0.6 is 11.6 Å². The Labute approximate surface area is 192 Å². The van der Waals surface area contributed by atoms with E-state index < -0.39 is 52.5 Å². The fourth-order valence-electron chi connectivity index (χ4n) is 2.50. The molecule has 0 radical (unpaired) electrons. The smallest absolute Gasteiger partial charge is 0.280 e. The molecule has 0 saturated carbocycles. The first-order valence-corrected chi connectivity index (χ1v) is 9.37. The van der Waals surface area contributed by atoms with Crippen LogP contribution < -0.4 is 9.47 Å². The van der Waals surface area contributed by atoms with Gasteiger partial charge in [0.2, 0.25) is 5.82 Å². The standard InChI is InChI=1S/C21H16ClFN4O5/c1-28-26-18(21-27-30-11-10-29-21)13-6-2-4-8-15(13)31-19-17(23)20(25-12-24-19)32-16-9-5-3-7-14(16)22/h2-9,12H,10-11H2,1H3/b26-18-/i3D,5D,7D,9D. The molecule has 0 N–H and O–H groups in total. The summed E-state index contributed by atoms with van der Waals surface area (Å²) in [6, 6.07) is 4.08. The van der Waals surface area contributed by atoms with E-state index >= 15 is 4.39 Å². The highest BCUT2D eigenvalue weighted by Gasteiger charge is 2.24. The van der Waals surface area contributed by atoms with Gasteiger partial charge in [0, 0.05) is 0 Å². The van der Waals surface area contributed by atoms with Gasteiger partial charge >= 0.3 is 0 Å². The Balaban J connectivity index is 1.70. The number of hydrogen-bond donors (Lipinski definition) is 0. The number of ether oxygens (including phenoxy) is 3. The van der Waals surface area contributed by atoms with Crippen molar-refractivity contribution in [2.75, 3.05) is 20.3 Å². The van der Waals surface area contributed by atoms with Gasteiger partial charge in [0.25, 0.3) is 17.7 Å². The van der Waals surface area contributed by atoms with Crippen LogP contribution in [0.25, 0.3) is 0 Å². The molecule has 1 aliphatic heterocycles. The summed E-state index contributed by atoms with van der Waals surface area (Å²) in [4.78, 5) is 17.4. The van der Waals surface area contributed by atoms with Crippen LogP contribution in [-0.4, -0.2) is 41.9 Å². The van der Waals surface area contributed by atoms with Gasteiger partial charge in [0.1, 0.15) is 31.5 Å². The lowest BCUT2D eigenvalue weighted by molar-refractivity contribution is 0.0672. The van der Waals surface area contributed by atoms with Crippen molar-refractivity contribution in [3.63, 3.8) is 0 Å². The number of oxime groups is 2. The summed E-state index contributed by atoms with van der Waals surface area (Å²) >= 11 is 6.02. The molecular weight excluding hydrogens is 443 g/mol. The zero-order chi connectivity index (χ0) is 25.8. The highest BCUT2D eigenvalue weighted by atomic mass is 35.5. The van der Waals surface area contributed by atoms with E-state index in [4.69, 9.17) is 41.0 Å². The molecule has 2 heterocycles.